The maximum Gasteiger partial charge on any atom is 0.230 e. The highest BCUT2D eigenvalue weighted by atomic mass is 35.5. The first-order valence-electron chi connectivity index (χ1n) is 8.59. The standard InChI is InChI=1S/C21H25ClFNOS/c1-14(15-8-10-16(11-9-15)21(2,3)4)24-20(25)13-26-12-17-18(22)6-5-7-19(17)23/h5-11,14H,12-13H2,1-4H3,(H,24,25)/t14-/m0/s1. The second-order valence-electron chi connectivity index (χ2n) is 7.35. The zero-order chi connectivity index (χ0) is 19.3. The summed E-state index contributed by atoms with van der Waals surface area (Å²) in [5.41, 5.74) is 2.87. The molecular formula is C21H25ClFNOS. The van der Waals surface area contributed by atoms with E-state index in [1.54, 1.807) is 12.1 Å². The average Bonchev–Trinajstić information content (AvgIpc) is 2.57. The van der Waals surface area contributed by atoms with E-state index in [9.17, 15) is 9.18 Å². The lowest BCUT2D eigenvalue weighted by Crippen LogP contribution is -2.28. The number of hydrogen-bond acceptors (Lipinski definition) is 2. The number of thioether (sulfide) groups is 1. The van der Waals surface area contributed by atoms with Gasteiger partial charge in [-0.15, -0.1) is 11.8 Å². The average molecular weight is 394 g/mol. The third-order valence-electron chi connectivity index (χ3n) is 4.20. The van der Waals surface area contributed by atoms with Crippen LogP contribution in [0.4, 0.5) is 4.39 Å². The van der Waals surface area contributed by atoms with E-state index in [0.29, 0.717) is 16.3 Å². The SMILES string of the molecule is C[C@H](NC(=O)CSCc1c(F)cccc1Cl)c1ccc(C(C)(C)C)cc1. The van der Waals surface area contributed by atoms with Gasteiger partial charge in [-0.3, -0.25) is 4.79 Å². The fourth-order valence-electron chi connectivity index (χ4n) is 2.55. The Hall–Kier alpha value is -1.52. The third kappa shape index (κ3) is 5.75. The van der Waals surface area contributed by atoms with Crippen LogP contribution in [0.2, 0.25) is 5.02 Å². The highest BCUT2D eigenvalue weighted by molar-refractivity contribution is 7.99. The van der Waals surface area contributed by atoms with Crippen molar-refractivity contribution in [3.05, 3.63) is 70.0 Å². The fraction of sp³-hybridized carbons (Fsp3) is 0.381. The third-order valence-corrected chi connectivity index (χ3v) is 5.51. The number of amides is 1. The Labute approximate surface area is 164 Å². The van der Waals surface area contributed by atoms with Crippen molar-refractivity contribution in [2.75, 3.05) is 5.75 Å². The first-order chi connectivity index (χ1) is 12.2. The van der Waals surface area contributed by atoms with E-state index >= 15 is 0 Å². The Morgan fingerprint density at radius 2 is 1.85 bits per heavy atom. The van der Waals surface area contributed by atoms with Gasteiger partial charge in [0.25, 0.3) is 0 Å². The lowest BCUT2D eigenvalue weighted by molar-refractivity contribution is -0.119. The van der Waals surface area contributed by atoms with Crippen LogP contribution in [0.3, 0.4) is 0 Å². The van der Waals surface area contributed by atoms with Gasteiger partial charge in [0.2, 0.25) is 5.91 Å². The summed E-state index contributed by atoms with van der Waals surface area (Å²) in [5.74, 6) is 0.218. The van der Waals surface area contributed by atoms with Crippen molar-refractivity contribution in [3.8, 4) is 0 Å². The summed E-state index contributed by atoms with van der Waals surface area (Å²) in [4.78, 5) is 12.2. The topological polar surface area (TPSA) is 29.1 Å². The zero-order valence-corrected chi connectivity index (χ0v) is 17.2. The van der Waals surface area contributed by atoms with Crippen LogP contribution in [0, 0.1) is 5.82 Å². The van der Waals surface area contributed by atoms with E-state index < -0.39 is 0 Å². The Bertz CT molecular complexity index is 735. The summed E-state index contributed by atoms with van der Waals surface area (Å²) in [7, 11) is 0. The number of rotatable bonds is 6. The molecule has 1 amide bonds. The molecule has 2 nitrogen and oxygen atoms in total. The molecule has 0 aromatic heterocycles. The molecule has 0 aliphatic heterocycles. The number of carbonyl (C=O) groups excluding carboxylic acids is 1. The van der Waals surface area contributed by atoms with E-state index in [4.69, 9.17) is 11.6 Å². The van der Waals surface area contributed by atoms with Crippen molar-refractivity contribution in [3.63, 3.8) is 0 Å². The van der Waals surface area contributed by atoms with Crippen molar-refractivity contribution in [1.29, 1.82) is 0 Å². The highest BCUT2D eigenvalue weighted by Gasteiger charge is 2.15. The Morgan fingerprint density at radius 3 is 2.42 bits per heavy atom. The fourth-order valence-corrected chi connectivity index (χ4v) is 3.73. The molecule has 0 radical (unpaired) electrons. The minimum Gasteiger partial charge on any atom is -0.349 e. The van der Waals surface area contributed by atoms with Crippen LogP contribution >= 0.6 is 23.4 Å². The van der Waals surface area contributed by atoms with Crippen molar-refractivity contribution < 1.29 is 9.18 Å². The van der Waals surface area contributed by atoms with E-state index in [-0.39, 0.29) is 28.9 Å². The van der Waals surface area contributed by atoms with Gasteiger partial charge in [0.1, 0.15) is 5.82 Å². The molecule has 2 aromatic rings. The van der Waals surface area contributed by atoms with Gasteiger partial charge in [-0.05, 0) is 35.6 Å². The summed E-state index contributed by atoms with van der Waals surface area (Å²) in [6.07, 6.45) is 0. The van der Waals surface area contributed by atoms with Crippen LogP contribution in [0.1, 0.15) is 50.4 Å². The maximum absolute atomic E-state index is 13.7. The molecule has 0 fully saturated rings. The largest absolute Gasteiger partial charge is 0.349 e. The summed E-state index contributed by atoms with van der Waals surface area (Å²) in [5, 5.41) is 3.38. The first kappa shape index (κ1) is 20.8. The van der Waals surface area contributed by atoms with Gasteiger partial charge in [-0.25, -0.2) is 4.39 Å². The van der Waals surface area contributed by atoms with E-state index in [1.165, 1.54) is 23.4 Å². The van der Waals surface area contributed by atoms with Crippen LogP contribution in [0.15, 0.2) is 42.5 Å². The van der Waals surface area contributed by atoms with E-state index in [2.05, 4.69) is 50.4 Å². The molecule has 140 valence electrons. The Kier molecular flexibility index (Phi) is 7.13. The predicted octanol–water partition coefficient (Wildman–Crippen LogP) is 5.89. The second kappa shape index (κ2) is 8.92. The van der Waals surface area contributed by atoms with Crippen molar-refractivity contribution in [1.82, 2.24) is 5.32 Å². The van der Waals surface area contributed by atoms with Crippen LogP contribution in [-0.4, -0.2) is 11.7 Å². The molecule has 2 rings (SSSR count). The second-order valence-corrected chi connectivity index (χ2v) is 8.75. The lowest BCUT2D eigenvalue weighted by Gasteiger charge is -2.20. The monoisotopic (exact) mass is 393 g/mol. The molecule has 0 spiro atoms. The minimum atomic E-state index is -0.335. The number of nitrogens with one attached hydrogen (secondary N) is 1. The first-order valence-corrected chi connectivity index (χ1v) is 10.1. The van der Waals surface area contributed by atoms with Gasteiger partial charge >= 0.3 is 0 Å². The number of benzene rings is 2. The van der Waals surface area contributed by atoms with Crippen molar-refractivity contribution >= 4 is 29.3 Å². The zero-order valence-electron chi connectivity index (χ0n) is 15.6. The van der Waals surface area contributed by atoms with E-state index in [1.807, 2.05) is 6.92 Å². The Balaban J connectivity index is 1.85. The minimum absolute atomic E-state index is 0.0742. The molecule has 0 aliphatic rings. The molecule has 0 saturated heterocycles. The van der Waals surface area contributed by atoms with Gasteiger partial charge in [0.15, 0.2) is 0 Å². The smallest absolute Gasteiger partial charge is 0.230 e. The molecule has 2 aromatic carbocycles. The summed E-state index contributed by atoms with van der Waals surface area (Å²) >= 11 is 7.35. The summed E-state index contributed by atoms with van der Waals surface area (Å²) in [6, 6.07) is 12.9. The predicted molar refractivity (Wildman–Crippen MR) is 109 cm³/mol. The lowest BCUT2D eigenvalue weighted by atomic mass is 9.86. The summed E-state index contributed by atoms with van der Waals surface area (Å²) in [6.45, 7) is 8.48. The van der Waals surface area contributed by atoms with Gasteiger partial charge in [0, 0.05) is 16.3 Å². The molecule has 26 heavy (non-hydrogen) atoms. The van der Waals surface area contributed by atoms with E-state index in [0.717, 1.165) is 5.56 Å². The van der Waals surface area contributed by atoms with Crippen LogP contribution in [0.25, 0.3) is 0 Å². The molecule has 5 heteroatoms. The normalized spacial score (nSPS) is 12.7. The summed E-state index contributed by atoms with van der Waals surface area (Å²) < 4.78 is 13.7. The highest BCUT2D eigenvalue weighted by Crippen LogP contribution is 2.25. The molecule has 0 saturated carbocycles. The molecule has 0 bridgehead atoms. The molecular weight excluding hydrogens is 369 g/mol. The molecule has 1 N–H and O–H groups in total. The molecule has 1 atom stereocenters. The molecule has 0 aliphatic carbocycles. The van der Waals surface area contributed by atoms with Crippen LogP contribution in [0.5, 0.6) is 0 Å². The van der Waals surface area contributed by atoms with Crippen molar-refractivity contribution in [2.24, 2.45) is 0 Å². The van der Waals surface area contributed by atoms with Crippen LogP contribution < -0.4 is 5.32 Å². The molecule has 0 heterocycles. The Morgan fingerprint density at radius 1 is 1.19 bits per heavy atom. The van der Waals surface area contributed by atoms with Gasteiger partial charge in [0.05, 0.1) is 11.8 Å². The molecule has 0 unspecified atom stereocenters. The maximum atomic E-state index is 13.7. The van der Waals surface area contributed by atoms with Crippen LogP contribution in [-0.2, 0) is 16.0 Å². The number of carbonyl (C=O) groups is 1. The number of hydrogen-bond donors (Lipinski definition) is 1. The number of halogens is 2. The van der Waals surface area contributed by atoms with Gasteiger partial charge in [-0.2, -0.15) is 0 Å². The van der Waals surface area contributed by atoms with Gasteiger partial charge < -0.3 is 5.32 Å². The quantitative estimate of drug-likeness (QED) is 0.663. The van der Waals surface area contributed by atoms with Gasteiger partial charge in [-0.1, -0.05) is 62.7 Å². The van der Waals surface area contributed by atoms with Crippen molar-refractivity contribution in [2.45, 2.75) is 44.9 Å².